The second-order valence-corrected chi connectivity index (χ2v) is 3.51. The van der Waals surface area contributed by atoms with E-state index in [4.69, 9.17) is 0 Å². The number of hydrogen-bond donors (Lipinski definition) is 1. The Morgan fingerprint density at radius 2 is 2.00 bits per heavy atom. The third-order valence-electron chi connectivity index (χ3n) is 0.566. The minimum Gasteiger partial charge on any atom is -0.755 e. The van der Waals surface area contributed by atoms with Gasteiger partial charge in [-0.25, -0.2) is 4.79 Å². The van der Waals surface area contributed by atoms with Gasteiger partial charge in [0.1, 0.15) is 5.60 Å². The molecular weight excluding hydrogens is 170 g/mol. The lowest BCUT2D eigenvalue weighted by molar-refractivity contribution is 0.0569. The molecule has 6 heteroatoms. The lowest BCUT2D eigenvalue weighted by Crippen LogP contribution is -2.33. The van der Waals surface area contributed by atoms with Gasteiger partial charge in [0, 0.05) is 11.3 Å². The molecule has 0 saturated heterocycles. The largest absolute Gasteiger partial charge is 0.755 e. The Morgan fingerprint density at radius 3 is 2.27 bits per heavy atom. The van der Waals surface area contributed by atoms with Crippen molar-refractivity contribution in [2.75, 3.05) is 0 Å². The van der Waals surface area contributed by atoms with Crippen LogP contribution in [-0.4, -0.2) is 20.5 Å². The molecule has 0 rings (SSSR count). The summed E-state index contributed by atoms with van der Waals surface area (Å²) in [5, 5.41) is 0. The van der Waals surface area contributed by atoms with Crippen molar-refractivity contribution in [3.05, 3.63) is 0 Å². The highest BCUT2D eigenvalue weighted by atomic mass is 32.2. The van der Waals surface area contributed by atoms with Crippen molar-refractivity contribution in [3.63, 3.8) is 0 Å². The third-order valence-corrected chi connectivity index (χ3v) is 0.899. The normalized spacial score (nSPS) is 13.8. The van der Waals surface area contributed by atoms with E-state index in [1.165, 1.54) is 0 Å². The summed E-state index contributed by atoms with van der Waals surface area (Å²) >= 11 is -2.60. The summed E-state index contributed by atoms with van der Waals surface area (Å²) in [4.78, 5) is 10.5. The van der Waals surface area contributed by atoms with Gasteiger partial charge >= 0.3 is 6.09 Å². The van der Waals surface area contributed by atoms with Crippen molar-refractivity contribution in [1.82, 2.24) is 4.72 Å². The van der Waals surface area contributed by atoms with Gasteiger partial charge in [0.15, 0.2) is 0 Å². The lowest BCUT2D eigenvalue weighted by Gasteiger charge is -2.19. The molecule has 0 bridgehead atoms. The molecule has 0 aromatic rings. The van der Waals surface area contributed by atoms with Crippen LogP contribution in [0.15, 0.2) is 0 Å². The predicted molar refractivity (Wildman–Crippen MR) is 38.3 cm³/mol. The van der Waals surface area contributed by atoms with E-state index in [2.05, 4.69) is 4.74 Å². The fraction of sp³-hybridized carbons (Fsp3) is 0.800. The number of carbonyl (C=O) groups excluding carboxylic acids is 1. The molecule has 0 aliphatic rings. The summed E-state index contributed by atoms with van der Waals surface area (Å²) in [5.41, 5.74) is -0.677. The van der Waals surface area contributed by atoms with Gasteiger partial charge in [0.2, 0.25) is 0 Å². The van der Waals surface area contributed by atoms with Crippen LogP contribution >= 0.6 is 0 Å². The summed E-state index contributed by atoms with van der Waals surface area (Å²) in [6, 6.07) is 0. The molecule has 0 aromatic heterocycles. The molecule has 0 aliphatic heterocycles. The van der Waals surface area contributed by atoms with Crippen LogP contribution in [0.4, 0.5) is 4.79 Å². The number of carbonyl (C=O) groups is 1. The van der Waals surface area contributed by atoms with E-state index in [0.29, 0.717) is 0 Å². The summed E-state index contributed by atoms with van der Waals surface area (Å²) in [5.74, 6) is 0. The van der Waals surface area contributed by atoms with Crippen LogP contribution in [-0.2, 0) is 16.0 Å². The molecule has 11 heavy (non-hydrogen) atoms. The second kappa shape index (κ2) is 3.68. The number of nitrogens with one attached hydrogen (secondary N) is 1. The zero-order valence-corrected chi connectivity index (χ0v) is 7.36. The van der Waals surface area contributed by atoms with Crippen molar-refractivity contribution in [2.45, 2.75) is 26.4 Å². The Labute approximate surface area is 67.5 Å². The molecule has 0 radical (unpaired) electrons. The zero-order chi connectivity index (χ0) is 9.07. The van der Waals surface area contributed by atoms with E-state index in [0.717, 1.165) is 0 Å². The quantitative estimate of drug-likeness (QED) is 0.589. The highest BCUT2D eigenvalue weighted by molar-refractivity contribution is 7.77. The van der Waals surface area contributed by atoms with E-state index in [1.807, 2.05) is 0 Å². The van der Waals surface area contributed by atoms with Gasteiger partial charge in [0.25, 0.3) is 0 Å². The molecule has 0 aliphatic carbocycles. The molecule has 1 N–H and O–H groups in total. The van der Waals surface area contributed by atoms with Crippen molar-refractivity contribution in [2.24, 2.45) is 0 Å². The zero-order valence-electron chi connectivity index (χ0n) is 6.54. The standard InChI is InChI=1S/C5H11NO4S/c1-5(2,3)10-4(7)6-11(8)9/h1-3H3,(H,6,7)(H,8,9)/p-1. The molecule has 0 spiro atoms. The summed E-state index contributed by atoms with van der Waals surface area (Å²) in [6.07, 6.45) is -0.967. The van der Waals surface area contributed by atoms with Crippen LogP contribution < -0.4 is 4.72 Å². The Balaban J connectivity index is 3.80. The topological polar surface area (TPSA) is 78.5 Å². The monoisotopic (exact) mass is 180 g/mol. The van der Waals surface area contributed by atoms with E-state index < -0.39 is 23.0 Å². The maximum atomic E-state index is 10.5. The Hall–Kier alpha value is -0.620. The van der Waals surface area contributed by atoms with E-state index in [-0.39, 0.29) is 0 Å². The lowest BCUT2D eigenvalue weighted by atomic mass is 10.2. The Kier molecular flexibility index (Phi) is 3.47. The van der Waals surface area contributed by atoms with Gasteiger partial charge in [-0.15, -0.1) is 0 Å². The first-order chi connectivity index (χ1) is 4.81. The molecule has 1 amide bonds. The first kappa shape index (κ1) is 10.4. The Morgan fingerprint density at radius 1 is 1.55 bits per heavy atom. The highest BCUT2D eigenvalue weighted by Gasteiger charge is 2.15. The van der Waals surface area contributed by atoms with E-state index in [1.54, 1.807) is 25.5 Å². The molecule has 0 saturated carbocycles. The molecule has 66 valence electrons. The van der Waals surface area contributed by atoms with Gasteiger partial charge in [0.05, 0.1) is 0 Å². The summed E-state index contributed by atoms with van der Waals surface area (Å²) in [6.45, 7) is 4.92. The maximum Gasteiger partial charge on any atom is 0.418 e. The van der Waals surface area contributed by atoms with Gasteiger partial charge in [-0.1, -0.05) is 0 Å². The fourth-order valence-corrected chi connectivity index (χ4v) is 0.545. The van der Waals surface area contributed by atoms with Crippen molar-refractivity contribution >= 4 is 17.4 Å². The van der Waals surface area contributed by atoms with Crippen molar-refractivity contribution < 1.29 is 18.3 Å². The van der Waals surface area contributed by atoms with Crippen LogP contribution in [0, 0.1) is 0 Å². The smallest absolute Gasteiger partial charge is 0.418 e. The summed E-state index contributed by atoms with van der Waals surface area (Å²) in [7, 11) is 0. The van der Waals surface area contributed by atoms with Gasteiger partial charge in [-0.3, -0.25) is 8.93 Å². The minimum absolute atomic E-state index is 0.677. The predicted octanol–water partition coefficient (Wildman–Crippen LogP) is 0.305. The number of amides is 1. The van der Waals surface area contributed by atoms with Crippen LogP contribution in [0.5, 0.6) is 0 Å². The molecular formula is C5H10NO4S-. The molecule has 1 unspecified atom stereocenters. The van der Waals surface area contributed by atoms with Crippen LogP contribution in [0.2, 0.25) is 0 Å². The van der Waals surface area contributed by atoms with Gasteiger partial charge < -0.3 is 9.29 Å². The molecule has 0 fully saturated rings. The fourth-order valence-electron chi connectivity index (χ4n) is 0.367. The van der Waals surface area contributed by atoms with Crippen molar-refractivity contribution in [1.29, 1.82) is 0 Å². The maximum absolute atomic E-state index is 10.5. The highest BCUT2D eigenvalue weighted by Crippen LogP contribution is 2.06. The van der Waals surface area contributed by atoms with Crippen LogP contribution in [0.1, 0.15) is 20.8 Å². The van der Waals surface area contributed by atoms with Gasteiger partial charge in [-0.05, 0) is 20.8 Å². The summed E-state index contributed by atoms with van der Waals surface area (Å²) < 4.78 is 25.9. The molecule has 5 nitrogen and oxygen atoms in total. The van der Waals surface area contributed by atoms with Crippen LogP contribution in [0.25, 0.3) is 0 Å². The van der Waals surface area contributed by atoms with Crippen LogP contribution in [0.3, 0.4) is 0 Å². The number of ether oxygens (including phenoxy) is 1. The van der Waals surface area contributed by atoms with Crippen molar-refractivity contribution in [3.8, 4) is 0 Å². The van der Waals surface area contributed by atoms with E-state index >= 15 is 0 Å². The average Bonchev–Trinajstić information content (AvgIpc) is 1.53. The average molecular weight is 180 g/mol. The first-order valence-electron chi connectivity index (χ1n) is 2.90. The first-order valence-corrected chi connectivity index (χ1v) is 3.97. The molecule has 0 heterocycles. The molecule has 1 atom stereocenters. The third kappa shape index (κ3) is 7.27. The second-order valence-electron chi connectivity index (χ2n) is 2.84. The minimum atomic E-state index is -2.60. The van der Waals surface area contributed by atoms with E-state index in [9.17, 15) is 13.6 Å². The number of rotatable bonds is 1. The van der Waals surface area contributed by atoms with Gasteiger partial charge in [-0.2, -0.15) is 0 Å². The number of hydrogen-bond acceptors (Lipinski definition) is 4. The molecule has 0 aromatic carbocycles. The SMILES string of the molecule is CC(C)(C)OC(=O)NS(=O)[O-]. The Bertz CT molecular complexity index is 174.